The maximum Gasteiger partial charge on any atom is 0.151 e. The van der Waals surface area contributed by atoms with E-state index in [9.17, 15) is 8.42 Å². The van der Waals surface area contributed by atoms with Gasteiger partial charge in [-0.3, -0.25) is 9.88 Å². The number of benzene rings is 1. The number of pyridine rings is 1. The van der Waals surface area contributed by atoms with E-state index in [1.165, 1.54) is 0 Å². The van der Waals surface area contributed by atoms with Crippen molar-refractivity contribution in [3.8, 4) is 0 Å². The predicted octanol–water partition coefficient (Wildman–Crippen LogP) is 1.85. The van der Waals surface area contributed by atoms with Crippen molar-refractivity contribution in [2.24, 2.45) is 0 Å². The molecule has 0 N–H and O–H groups in total. The van der Waals surface area contributed by atoms with Crippen LogP contribution in [0.4, 0.5) is 0 Å². The van der Waals surface area contributed by atoms with Gasteiger partial charge in [0.1, 0.15) is 0 Å². The van der Waals surface area contributed by atoms with Crippen LogP contribution in [0.15, 0.2) is 36.5 Å². The molecule has 5 heteroatoms. The molecule has 2 heterocycles. The second kappa shape index (κ2) is 5.14. The minimum absolute atomic E-state index is 0.124. The van der Waals surface area contributed by atoms with Crippen LogP contribution >= 0.6 is 0 Å². The van der Waals surface area contributed by atoms with E-state index < -0.39 is 9.84 Å². The Morgan fingerprint density at radius 2 is 2.10 bits per heavy atom. The minimum atomic E-state index is -2.83. The van der Waals surface area contributed by atoms with Gasteiger partial charge in [0.2, 0.25) is 0 Å². The van der Waals surface area contributed by atoms with Gasteiger partial charge in [-0.15, -0.1) is 0 Å². The summed E-state index contributed by atoms with van der Waals surface area (Å²) < 4.78 is 23.1. The predicted molar refractivity (Wildman–Crippen MR) is 80.3 cm³/mol. The highest BCUT2D eigenvalue weighted by molar-refractivity contribution is 7.91. The molecule has 0 spiro atoms. The number of rotatable bonds is 3. The molecule has 20 heavy (non-hydrogen) atoms. The summed E-state index contributed by atoms with van der Waals surface area (Å²) in [6.45, 7) is 0.731. The van der Waals surface area contributed by atoms with E-state index in [4.69, 9.17) is 0 Å². The van der Waals surface area contributed by atoms with Crippen molar-refractivity contribution in [3.05, 3.63) is 42.1 Å². The Morgan fingerprint density at radius 1 is 1.30 bits per heavy atom. The zero-order valence-corrected chi connectivity index (χ0v) is 12.3. The molecule has 4 nitrogen and oxygen atoms in total. The highest BCUT2D eigenvalue weighted by atomic mass is 32.2. The molecule has 3 rings (SSSR count). The highest BCUT2D eigenvalue weighted by Gasteiger charge is 2.30. The fourth-order valence-corrected chi connectivity index (χ4v) is 4.62. The van der Waals surface area contributed by atoms with Crippen LogP contribution in [0.1, 0.15) is 12.0 Å². The van der Waals surface area contributed by atoms with Gasteiger partial charge in [0.05, 0.1) is 17.0 Å². The van der Waals surface area contributed by atoms with E-state index in [0.29, 0.717) is 5.75 Å². The zero-order chi connectivity index (χ0) is 14.2. The summed E-state index contributed by atoms with van der Waals surface area (Å²) in [7, 11) is -0.839. The van der Waals surface area contributed by atoms with Crippen molar-refractivity contribution in [2.75, 3.05) is 18.6 Å². The molecule has 2 aromatic rings. The van der Waals surface area contributed by atoms with Gasteiger partial charge in [-0.1, -0.05) is 24.3 Å². The number of aromatic nitrogens is 1. The summed E-state index contributed by atoms with van der Waals surface area (Å²) >= 11 is 0. The van der Waals surface area contributed by atoms with Crippen molar-refractivity contribution in [3.63, 3.8) is 0 Å². The van der Waals surface area contributed by atoms with Crippen molar-refractivity contribution < 1.29 is 8.42 Å². The average Bonchev–Trinajstić information content (AvgIpc) is 2.80. The van der Waals surface area contributed by atoms with Crippen molar-refractivity contribution in [2.45, 2.75) is 19.0 Å². The first-order valence-corrected chi connectivity index (χ1v) is 8.60. The molecule has 0 unspecified atom stereocenters. The largest absolute Gasteiger partial charge is 0.298 e. The van der Waals surface area contributed by atoms with Gasteiger partial charge >= 0.3 is 0 Å². The number of fused-ring (bicyclic) bond motifs is 1. The van der Waals surface area contributed by atoms with Crippen LogP contribution in [0.5, 0.6) is 0 Å². The fraction of sp³-hybridized carbons (Fsp3) is 0.400. The number of nitrogens with zero attached hydrogens (tertiary/aromatic N) is 2. The lowest BCUT2D eigenvalue weighted by Gasteiger charge is -2.23. The fourth-order valence-electron chi connectivity index (χ4n) is 2.82. The SMILES string of the molecule is CN(Cc1cccc2cccnc12)[C@@H]1CCS(=O)(=O)C1. The average molecular weight is 290 g/mol. The van der Waals surface area contributed by atoms with Crippen molar-refractivity contribution in [1.29, 1.82) is 0 Å². The summed E-state index contributed by atoms with van der Waals surface area (Å²) in [5.41, 5.74) is 2.15. The standard InChI is InChI=1S/C15H18N2O2S/c1-17(14-7-9-20(18,19)11-14)10-13-5-2-4-12-6-3-8-16-15(12)13/h2-6,8,14H,7,9-11H2,1H3/t14-/m1/s1. The second-order valence-electron chi connectivity index (χ2n) is 5.46. The van der Waals surface area contributed by atoms with Gasteiger partial charge < -0.3 is 0 Å². The quantitative estimate of drug-likeness (QED) is 0.865. The van der Waals surface area contributed by atoms with Gasteiger partial charge in [0.25, 0.3) is 0 Å². The Morgan fingerprint density at radius 3 is 2.85 bits per heavy atom. The Bertz CT molecular complexity index is 722. The maximum atomic E-state index is 11.6. The van der Waals surface area contributed by atoms with Gasteiger partial charge in [-0.05, 0) is 25.1 Å². The molecule has 1 aliphatic rings. The minimum Gasteiger partial charge on any atom is -0.298 e. The third-order valence-corrected chi connectivity index (χ3v) is 5.72. The van der Waals surface area contributed by atoms with Gasteiger partial charge in [-0.2, -0.15) is 0 Å². The Labute approximate surface area is 119 Å². The van der Waals surface area contributed by atoms with E-state index >= 15 is 0 Å². The van der Waals surface area contributed by atoms with Gasteiger partial charge in [0.15, 0.2) is 9.84 Å². The van der Waals surface area contributed by atoms with Crippen LogP contribution in [0.25, 0.3) is 10.9 Å². The van der Waals surface area contributed by atoms with E-state index in [2.05, 4.69) is 16.0 Å². The lowest BCUT2D eigenvalue weighted by atomic mass is 10.1. The zero-order valence-electron chi connectivity index (χ0n) is 11.5. The topological polar surface area (TPSA) is 50.3 Å². The first-order chi connectivity index (χ1) is 9.55. The summed E-state index contributed by atoms with van der Waals surface area (Å²) in [5, 5.41) is 1.12. The van der Waals surface area contributed by atoms with Crippen LogP contribution in [0, 0.1) is 0 Å². The molecule has 1 aromatic carbocycles. The molecule has 0 saturated carbocycles. The number of para-hydroxylation sites is 1. The van der Waals surface area contributed by atoms with Crippen LogP contribution in [-0.2, 0) is 16.4 Å². The molecule has 106 valence electrons. The van der Waals surface area contributed by atoms with E-state index in [1.54, 1.807) is 6.20 Å². The van der Waals surface area contributed by atoms with Crippen LogP contribution < -0.4 is 0 Å². The lowest BCUT2D eigenvalue weighted by Crippen LogP contribution is -2.32. The molecule has 0 amide bonds. The molecule has 0 radical (unpaired) electrons. The van der Waals surface area contributed by atoms with E-state index in [0.717, 1.165) is 29.4 Å². The summed E-state index contributed by atoms with van der Waals surface area (Å²) in [4.78, 5) is 6.58. The van der Waals surface area contributed by atoms with Crippen molar-refractivity contribution in [1.82, 2.24) is 9.88 Å². The lowest BCUT2D eigenvalue weighted by molar-refractivity contribution is 0.254. The van der Waals surface area contributed by atoms with E-state index in [1.807, 2.05) is 31.3 Å². The van der Waals surface area contributed by atoms with Gasteiger partial charge in [0, 0.05) is 24.2 Å². The molecule has 0 aliphatic carbocycles. The Balaban J connectivity index is 1.83. The van der Waals surface area contributed by atoms with Crippen LogP contribution in [0.3, 0.4) is 0 Å². The molecule has 1 aliphatic heterocycles. The van der Waals surface area contributed by atoms with Crippen molar-refractivity contribution >= 4 is 20.7 Å². The monoisotopic (exact) mass is 290 g/mol. The maximum absolute atomic E-state index is 11.6. The third-order valence-electron chi connectivity index (χ3n) is 3.97. The Kier molecular flexibility index (Phi) is 3.48. The molecule has 0 bridgehead atoms. The smallest absolute Gasteiger partial charge is 0.151 e. The summed E-state index contributed by atoms with van der Waals surface area (Å²) in [5.74, 6) is 0.595. The molecule has 1 atom stereocenters. The van der Waals surface area contributed by atoms with Crippen LogP contribution in [-0.4, -0.2) is 42.9 Å². The number of sulfone groups is 1. The van der Waals surface area contributed by atoms with E-state index in [-0.39, 0.29) is 11.8 Å². The number of hydrogen-bond acceptors (Lipinski definition) is 4. The first-order valence-electron chi connectivity index (χ1n) is 6.78. The molecular weight excluding hydrogens is 272 g/mol. The molecule has 1 saturated heterocycles. The summed E-state index contributed by atoms with van der Waals surface area (Å²) in [6, 6.07) is 10.2. The molecule has 1 fully saturated rings. The molecular formula is C15H18N2O2S. The van der Waals surface area contributed by atoms with Gasteiger partial charge in [-0.25, -0.2) is 8.42 Å². The highest BCUT2D eigenvalue weighted by Crippen LogP contribution is 2.21. The number of hydrogen-bond donors (Lipinski definition) is 0. The molecule has 1 aromatic heterocycles. The Hall–Kier alpha value is -1.46. The van der Waals surface area contributed by atoms with Crippen LogP contribution in [0.2, 0.25) is 0 Å². The summed E-state index contributed by atoms with van der Waals surface area (Å²) in [6.07, 6.45) is 2.53. The third kappa shape index (κ3) is 2.69. The first kappa shape index (κ1) is 13.5. The normalized spacial score (nSPS) is 21.6. The second-order valence-corrected chi connectivity index (χ2v) is 7.69.